The third-order valence-corrected chi connectivity index (χ3v) is 4.63. The van der Waals surface area contributed by atoms with Gasteiger partial charge in [-0.1, -0.05) is 0 Å². The molecule has 1 heterocycles. The molecule has 0 spiro atoms. The quantitative estimate of drug-likeness (QED) is 0.463. The van der Waals surface area contributed by atoms with E-state index in [2.05, 4.69) is 15.6 Å². The van der Waals surface area contributed by atoms with Crippen molar-refractivity contribution >= 4 is 11.9 Å². The molecule has 1 aromatic rings. The van der Waals surface area contributed by atoms with Crippen LogP contribution in [0.5, 0.6) is 17.2 Å². The summed E-state index contributed by atoms with van der Waals surface area (Å²) < 4.78 is 21.6. The minimum Gasteiger partial charge on any atom is -0.493 e. The second kappa shape index (κ2) is 11.4. The maximum atomic E-state index is 11.9. The van der Waals surface area contributed by atoms with E-state index < -0.39 is 0 Å². The second-order valence-electron chi connectivity index (χ2n) is 6.95. The van der Waals surface area contributed by atoms with Crippen LogP contribution in [0.25, 0.3) is 0 Å². The van der Waals surface area contributed by atoms with E-state index in [0.717, 1.165) is 31.7 Å². The van der Waals surface area contributed by atoms with Gasteiger partial charge >= 0.3 is 0 Å². The minimum absolute atomic E-state index is 0.0310. The monoisotopic (exact) mass is 408 g/mol. The molecule has 2 N–H and O–H groups in total. The van der Waals surface area contributed by atoms with E-state index in [9.17, 15) is 4.79 Å². The van der Waals surface area contributed by atoms with Crippen molar-refractivity contribution in [3.8, 4) is 17.2 Å². The zero-order valence-corrected chi connectivity index (χ0v) is 17.9. The van der Waals surface area contributed by atoms with Crippen LogP contribution in [0.1, 0.15) is 12.0 Å². The zero-order chi connectivity index (χ0) is 21.2. The highest BCUT2D eigenvalue weighted by atomic mass is 16.5. The summed E-state index contributed by atoms with van der Waals surface area (Å²) in [4.78, 5) is 18.1. The largest absolute Gasteiger partial charge is 0.493 e. The SMILES string of the molecule is COc1cc(CN=C(NCC(=O)N(C)C)NCC2CCOC2)cc(OC)c1OC. The highest BCUT2D eigenvalue weighted by molar-refractivity contribution is 5.86. The molecule has 0 bridgehead atoms. The van der Waals surface area contributed by atoms with Crippen molar-refractivity contribution in [3.05, 3.63) is 17.7 Å². The Labute approximate surface area is 172 Å². The summed E-state index contributed by atoms with van der Waals surface area (Å²) >= 11 is 0. The second-order valence-corrected chi connectivity index (χ2v) is 6.95. The van der Waals surface area contributed by atoms with E-state index in [4.69, 9.17) is 18.9 Å². The summed E-state index contributed by atoms with van der Waals surface area (Å²) in [5, 5.41) is 6.40. The number of likely N-dealkylation sites (N-methyl/N-ethyl adjacent to an activating group) is 1. The molecular weight excluding hydrogens is 376 g/mol. The van der Waals surface area contributed by atoms with Gasteiger partial charge in [-0.3, -0.25) is 4.79 Å². The standard InChI is InChI=1S/C20H32N4O5/c1-24(2)18(25)12-23-20(21-10-14-6-7-29-13-14)22-11-15-8-16(26-3)19(28-5)17(9-15)27-4/h8-9,14H,6-7,10-13H2,1-5H3,(H2,21,22,23). The molecule has 0 saturated carbocycles. The lowest BCUT2D eigenvalue weighted by Gasteiger charge is -2.17. The van der Waals surface area contributed by atoms with Gasteiger partial charge in [0, 0.05) is 33.2 Å². The fourth-order valence-electron chi connectivity index (χ4n) is 2.87. The third-order valence-electron chi connectivity index (χ3n) is 4.63. The van der Waals surface area contributed by atoms with Crippen molar-refractivity contribution in [1.29, 1.82) is 0 Å². The molecule has 1 aliphatic heterocycles. The summed E-state index contributed by atoms with van der Waals surface area (Å²) in [7, 11) is 8.17. The number of amides is 1. The van der Waals surface area contributed by atoms with Crippen LogP contribution in [0, 0.1) is 5.92 Å². The van der Waals surface area contributed by atoms with Gasteiger partial charge in [0.1, 0.15) is 0 Å². The Hall–Kier alpha value is -2.68. The summed E-state index contributed by atoms with van der Waals surface area (Å²) in [6, 6.07) is 3.72. The number of carbonyl (C=O) groups excluding carboxylic acids is 1. The smallest absolute Gasteiger partial charge is 0.241 e. The molecule has 29 heavy (non-hydrogen) atoms. The van der Waals surface area contributed by atoms with Crippen LogP contribution in [-0.4, -0.2) is 78.5 Å². The van der Waals surface area contributed by atoms with Crippen molar-refractivity contribution < 1.29 is 23.7 Å². The van der Waals surface area contributed by atoms with Crippen molar-refractivity contribution in [2.45, 2.75) is 13.0 Å². The Kier molecular flexibility index (Phi) is 8.85. The lowest BCUT2D eigenvalue weighted by atomic mass is 10.1. The van der Waals surface area contributed by atoms with Crippen molar-refractivity contribution in [2.75, 3.05) is 61.7 Å². The first-order valence-electron chi connectivity index (χ1n) is 9.57. The van der Waals surface area contributed by atoms with Crippen LogP contribution in [0.15, 0.2) is 17.1 Å². The highest BCUT2D eigenvalue weighted by Crippen LogP contribution is 2.38. The number of nitrogens with one attached hydrogen (secondary N) is 2. The third kappa shape index (κ3) is 6.70. The van der Waals surface area contributed by atoms with Crippen molar-refractivity contribution in [1.82, 2.24) is 15.5 Å². The van der Waals surface area contributed by atoms with E-state index >= 15 is 0 Å². The molecule has 1 atom stereocenters. The number of carbonyl (C=O) groups is 1. The van der Waals surface area contributed by atoms with Gasteiger partial charge in [-0.15, -0.1) is 0 Å². The van der Waals surface area contributed by atoms with Gasteiger partial charge in [-0.05, 0) is 24.1 Å². The lowest BCUT2D eigenvalue weighted by Crippen LogP contribution is -2.44. The van der Waals surface area contributed by atoms with Crippen LogP contribution in [0.3, 0.4) is 0 Å². The van der Waals surface area contributed by atoms with E-state index in [1.54, 1.807) is 35.4 Å². The van der Waals surface area contributed by atoms with Gasteiger partial charge in [0.05, 0.1) is 41.0 Å². The highest BCUT2D eigenvalue weighted by Gasteiger charge is 2.17. The molecule has 1 amide bonds. The maximum Gasteiger partial charge on any atom is 0.241 e. The number of aliphatic imine (C=N–C) groups is 1. The molecule has 1 saturated heterocycles. The Morgan fingerprint density at radius 3 is 2.38 bits per heavy atom. The summed E-state index contributed by atoms with van der Waals surface area (Å²) in [5.41, 5.74) is 0.892. The van der Waals surface area contributed by atoms with Gasteiger partial charge in [0.25, 0.3) is 0 Å². The van der Waals surface area contributed by atoms with Crippen LogP contribution in [0.2, 0.25) is 0 Å². The fourth-order valence-corrected chi connectivity index (χ4v) is 2.87. The van der Waals surface area contributed by atoms with Crippen molar-refractivity contribution in [3.63, 3.8) is 0 Å². The van der Waals surface area contributed by atoms with Crippen LogP contribution < -0.4 is 24.8 Å². The first-order chi connectivity index (χ1) is 14.0. The Bertz CT molecular complexity index is 677. The summed E-state index contributed by atoms with van der Waals surface area (Å²) in [5.74, 6) is 2.66. The first kappa shape index (κ1) is 22.6. The number of hydrogen-bond donors (Lipinski definition) is 2. The fraction of sp³-hybridized carbons (Fsp3) is 0.600. The Morgan fingerprint density at radius 2 is 1.86 bits per heavy atom. The molecule has 9 nitrogen and oxygen atoms in total. The van der Waals surface area contributed by atoms with Gasteiger partial charge in [-0.2, -0.15) is 0 Å². The van der Waals surface area contributed by atoms with Crippen LogP contribution in [-0.2, 0) is 16.1 Å². The Morgan fingerprint density at radius 1 is 1.17 bits per heavy atom. The Balaban J connectivity index is 2.12. The summed E-state index contributed by atoms with van der Waals surface area (Å²) in [6.07, 6.45) is 1.02. The van der Waals surface area contributed by atoms with Gasteiger partial charge in [0.2, 0.25) is 11.7 Å². The predicted molar refractivity (Wildman–Crippen MR) is 111 cm³/mol. The number of guanidine groups is 1. The van der Waals surface area contributed by atoms with Gasteiger partial charge < -0.3 is 34.5 Å². The molecule has 9 heteroatoms. The number of hydrogen-bond acceptors (Lipinski definition) is 6. The van der Waals surface area contributed by atoms with E-state index in [1.165, 1.54) is 4.90 Å². The van der Waals surface area contributed by atoms with E-state index in [0.29, 0.717) is 35.7 Å². The van der Waals surface area contributed by atoms with E-state index in [1.807, 2.05) is 12.1 Å². The van der Waals surface area contributed by atoms with Crippen LogP contribution in [0.4, 0.5) is 0 Å². The van der Waals surface area contributed by atoms with Crippen LogP contribution >= 0.6 is 0 Å². The maximum absolute atomic E-state index is 11.9. The average Bonchev–Trinajstić information content (AvgIpc) is 3.25. The van der Waals surface area contributed by atoms with Crippen molar-refractivity contribution in [2.24, 2.45) is 10.9 Å². The predicted octanol–water partition coefficient (Wildman–Crippen LogP) is 0.872. The van der Waals surface area contributed by atoms with Gasteiger partial charge in [0.15, 0.2) is 17.5 Å². The molecule has 162 valence electrons. The molecular formula is C20H32N4O5. The molecule has 2 rings (SSSR count). The normalized spacial score (nSPS) is 16.3. The number of nitrogens with zero attached hydrogens (tertiary/aromatic N) is 2. The molecule has 0 radical (unpaired) electrons. The summed E-state index contributed by atoms with van der Waals surface area (Å²) in [6.45, 7) is 2.80. The average molecular weight is 408 g/mol. The number of methoxy groups -OCH3 is 3. The number of ether oxygens (including phenoxy) is 4. The molecule has 1 unspecified atom stereocenters. The molecule has 1 aliphatic rings. The molecule has 1 aromatic carbocycles. The first-order valence-corrected chi connectivity index (χ1v) is 9.57. The zero-order valence-electron chi connectivity index (χ0n) is 17.9. The molecule has 1 fully saturated rings. The minimum atomic E-state index is -0.0310. The van der Waals surface area contributed by atoms with E-state index in [-0.39, 0.29) is 12.5 Å². The number of benzene rings is 1. The topological polar surface area (TPSA) is 93.7 Å². The lowest BCUT2D eigenvalue weighted by molar-refractivity contribution is -0.127. The molecule has 0 aliphatic carbocycles. The number of rotatable bonds is 9. The molecule has 0 aromatic heterocycles. The van der Waals surface area contributed by atoms with Gasteiger partial charge in [-0.25, -0.2) is 4.99 Å².